The summed E-state index contributed by atoms with van der Waals surface area (Å²) >= 11 is 12.2. The van der Waals surface area contributed by atoms with Gasteiger partial charge in [0.15, 0.2) is 0 Å². The second kappa shape index (κ2) is 13.0. The SMILES string of the molecule is CC[C@H](C(=O)NC1CCCCC1)N(Cc1ccccc1C)C(=O)CN(c1ccc(Cl)c(Cl)c1)S(C)(=O)=O. The molecule has 0 spiro atoms. The van der Waals surface area contributed by atoms with Crippen LogP contribution in [0.4, 0.5) is 5.69 Å². The lowest BCUT2D eigenvalue weighted by Gasteiger charge is -2.34. The van der Waals surface area contributed by atoms with Crippen LogP contribution in [-0.4, -0.2) is 50.0 Å². The lowest BCUT2D eigenvalue weighted by Crippen LogP contribution is -2.54. The highest BCUT2D eigenvalue weighted by atomic mass is 35.5. The molecule has 1 aliphatic carbocycles. The molecule has 0 radical (unpaired) electrons. The van der Waals surface area contributed by atoms with Crippen molar-refractivity contribution in [3.63, 3.8) is 0 Å². The minimum atomic E-state index is -3.85. The van der Waals surface area contributed by atoms with Gasteiger partial charge in [0.2, 0.25) is 21.8 Å². The van der Waals surface area contributed by atoms with Crippen molar-refractivity contribution >= 4 is 50.7 Å². The quantitative estimate of drug-likeness (QED) is 0.420. The number of sulfonamides is 1. The largest absolute Gasteiger partial charge is 0.352 e. The predicted molar refractivity (Wildman–Crippen MR) is 149 cm³/mol. The average Bonchev–Trinajstić information content (AvgIpc) is 2.85. The molecule has 2 aromatic rings. The van der Waals surface area contributed by atoms with Crippen LogP contribution < -0.4 is 9.62 Å². The molecule has 0 aromatic heterocycles. The maximum Gasteiger partial charge on any atom is 0.244 e. The van der Waals surface area contributed by atoms with Crippen LogP contribution in [0.25, 0.3) is 0 Å². The lowest BCUT2D eigenvalue weighted by atomic mass is 9.95. The maximum atomic E-state index is 13.8. The van der Waals surface area contributed by atoms with E-state index in [2.05, 4.69) is 5.32 Å². The molecule has 1 aliphatic rings. The van der Waals surface area contributed by atoms with Crippen LogP contribution in [0.1, 0.15) is 56.6 Å². The number of nitrogens with one attached hydrogen (secondary N) is 1. The van der Waals surface area contributed by atoms with Crippen LogP contribution in [0.3, 0.4) is 0 Å². The van der Waals surface area contributed by atoms with Crippen molar-refractivity contribution in [2.24, 2.45) is 0 Å². The van der Waals surface area contributed by atoms with Gasteiger partial charge in [0, 0.05) is 12.6 Å². The first-order valence-electron chi connectivity index (χ1n) is 12.6. The smallest absolute Gasteiger partial charge is 0.244 e. The van der Waals surface area contributed by atoms with Gasteiger partial charge in [0.1, 0.15) is 12.6 Å². The normalized spacial score (nSPS) is 15.2. The van der Waals surface area contributed by atoms with Crippen molar-refractivity contribution in [1.82, 2.24) is 10.2 Å². The molecule has 1 saturated carbocycles. The van der Waals surface area contributed by atoms with Crippen molar-refractivity contribution in [2.45, 2.75) is 71.0 Å². The Morgan fingerprint density at radius 2 is 1.73 bits per heavy atom. The number of benzene rings is 2. The number of carbonyl (C=O) groups excluding carboxylic acids is 2. The highest BCUT2D eigenvalue weighted by Gasteiger charge is 2.33. The van der Waals surface area contributed by atoms with Gasteiger partial charge in [0.25, 0.3) is 0 Å². The molecule has 0 aliphatic heterocycles. The topological polar surface area (TPSA) is 86.8 Å². The minimum absolute atomic E-state index is 0.0921. The zero-order chi connectivity index (χ0) is 27.2. The maximum absolute atomic E-state index is 13.8. The van der Waals surface area contributed by atoms with Gasteiger partial charge in [-0.2, -0.15) is 0 Å². The summed E-state index contributed by atoms with van der Waals surface area (Å²) in [5, 5.41) is 3.59. The first-order valence-corrected chi connectivity index (χ1v) is 15.2. The molecule has 1 fully saturated rings. The van der Waals surface area contributed by atoms with Gasteiger partial charge in [0.05, 0.1) is 22.0 Å². The number of hydrogen-bond acceptors (Lipinski definition) is 4. The van der Waals surface area contributed by atoms with Gasteiger partial charge < -0.3 is 10.2 Å². The van der Waals surface area contributed by atoms with Gasteiger partial charge in [-0.25, -0.2) is 8.42 Å². The third-order valence-corrected chi connectivity index (χ3v) is 8.69. The standard InChI is InChI=1S/C27H35Cl2N3O4S/c1-4-25(27(34)30-21-12-6-5-7-13-21)31(17-20-11-9-8-10-19(20)2)26(33)18-32(37(3,35)36)22-14-15-23(28)24(29)16-22/h8-11,14-16,21,25H,4-7,12-13,17-18H2,1-3H3,(H,30,34)/t25-/m1/s1. The van der Waals surface area contributed by atoms with E-state index in [0.717, 1.165) is 53.8 Å². The fourth-order valence-corrected chi connectivity index (χ4v) is 5.82. The Kier molecular flexibility index (Phi) is 10.3. The monoisotopic (exact) mass is 567 g/mol. The molecule has 1 atom stereocenters. The van der Waals surface area contributed by atoms with Crippen LogP contribution in [-0.2, 0) is 26.2 Å². The third kappa shape index (κ3) is 7.85. The zero-order valence-electron chi connectivity index (χ0n) is 21.5. The molecule has 10 heteroatoms. The van der Waals surface area contributed by atoms with Crippen LogP contribution in [0.15, 0.2) is 42.5 Å². The lowest BCUT2D eigenvalue weighted by molar-refractivity contribution is -0.140. The second-order valence-electron chi connectivity index (χ2n) is 9.58. The Hall–Kier alpha value is -2.29. The Balaban J connectivity index is 1.93. The number of aryl methyl sites for hydroxylation is 1. The number of nitrogens with zero attached hydrogens (tertiary/aromatic N) is 2. The second-order valence-corrected chi connectivity index (χ2v) is 12.3. The van der Waals surface area contributed by atoms with Gasteiger partial charge in [-0.05, 0) is 55.5 Å². The van der Waals surface area contributed by atoms with Crippen molar-refractivity contribution < 1.29 is 18.0 Å². The zero-order valence-corrected chi connectivity index (χ0v) is 23.9. The first-order chi connectivity index (χ1) is 17.5. The van der Waals surface area contributed by atoms with Crippen molar-refractivity contribution in [2.75, 3.05) is 17.1 Å². The number of carbonyl (C=O) groups is 2. The van der Waals surface area contributed by atoms with Crippen molar-refractivity contribution in [3.8, 4) is 0 Å². The predicted octanol–water partition coefficient (Wildman–Crippen LogP) is 5.32. The number of amides is 2. The number of rotatable bonds is 10. The fraction of sp³-hybridized carbons (Fsp3) is 0.481. The molecular weight excluding hydrogens is 533 g/mol. The van der Waals surface area contributed by atoms with E-state index in [-0.39, 0.29) is 34.2 Å². The summed E-state index contributed by atoms with van der Waals surface area (Å²) in [6.45, 7) is 3.51. The van der Waals surface area contributed by atoms with E-state index in [1.54, 1.807) is 0 Å². The highest BCUT2D eigenvalue weighted by molar-refractivity contribution is 7.92. The van der Waals surface area contributed by atoms with E-state index in [1.807, 2.05) is 38.1 Å². The van der Waals surface area contributed by atoms with Crippen molar-refractivity contribution in [1.29, 1.82) is 0 Å². The van der Waals surface area contributed by atoms with Crippen molar-refractivity contribution in [3.05, 3.63) is 63.6 Å². The molecule has 0 saturated heterocycles. The summed E-state index contributed by atoms with van der Waals surface area (Å²) in [7, 11) is -3.85. The fourth-order valence-electron chi connectivity index (χ4n) is 4.69. The van der Waals surface area contributed by atoms with E-state index < -0.39 is 28.5 Å². The van der Waals surface area contributed by atoms with Crippen LogP contribution >= 0.6 is 23.2 Å². The molecule has 0 unspecified atom stereocenters. The summed E-state index contributed by atoms with van der Waals surface area (Å²) in [4.78, 5) is 28.7. The minimum Gasteiger partial charge on any atom is -0.352 e. The van der Waals surface area contributed by atoms with E-state index in [9.17, 15) is 18.0 Å². The molecule has 1 N–H and O–H groups in total. The Morgan fingerprint density at radius 3 is 2.32 bits per heavy atom. The summed E-state index contributed by atoms with van der Waals surface area (Å²) in [6.07, 6.45) is 6.57. The molecule has 0 bridgehead atoms. The van der Waals surface area contributed by atoms with E-state index in [0.29, 0.717) is 6.42 Å². The summed E-state index contributed by atoms with van der Waals surface area (Å²) in [5.74, 6) is -0.692. The van der Waals surface area contributed by atoms with Crippen LogP contribution in [0, 0.1) is 6.92 Å². The molecule has 7 nitrogen and oxygen atoms in total. The van der Waals surface area contributed by atoms with E-state index in [1.165, 1.54) is 23.1 Å². The van der Waals surface area contributed by atoms with Crippen LogP contribution in [0.5, 0.6) is 0 Å². The summed E-state index contributed by atoms with van der Waals surface area (Å²) in [6, 6.07) is 11.4. The van der Waals surface area contributed by atoms with Gasteiger partial charge in [-0.3, -0.25) is 13.9 Å². The van der Waals surface area contributed by atoms with E-state index >= 15 is 0 Å². The molecule has 0 heterocycles. The molecule has 3 rings (SSSR count). The average molecular weight is 569 g/mol. The first kappa shape index (κ1) is 29.3. The van der Waals surface area contributed by atoms with Gasteiger partial charge in [-0.1, -0.05) is 73.7 Å². The molecule has 202 valence electrons. The number of hydrogen-bond donors (Lipinski definition) is 1. The number of anilines is 1. The Labute approximate surface area is 230 Å². The van der Waals surface area contributed by atoms with Gasteiger partial charge in [-0.15, -0.1) is 0 Å². The summed E-state index contributed by atoms with van der Waals surface area (Å²) in [5.41, 5.74) is 2.09. The molecule has 2 aromatic carbocycles. The Bertz CT molecular complexity index is 1220. The van der Waals surface area contributed by atoms with Crippen LogP contribution in [0.2, 0.25) is 10.0 Å². The molecular formula is C27H35Cl2N3O4S. The highest BCUT2D eigenvalue weighted by Crippen LogP contribution is 2.29. The third-order valence-electron chi connectivity index (χ3n) is 6.81. The van der Waals surface area contributed by atoms with E-state index in [4.69, 9.17) is 23.2 Å². The molecule has 2 amide bonds. The number of halogens is 2. The van der Waals surface area contributed by atoms with Gasteiger partial charge >= 0.3 is 0 Å². The Morgan fingerprint density at radius 1 is 1.05 bits per heavy atom. The summed E-state index contributed by atoms with van der Waals surface area (Å²) < 4.78 is 26.5. The molecule has 37 heavy (non-hydrogen) atoms.